The first-order valence-corrected chi connectivity index (χ1v) is 6.13. The van der Waals surface area contributed by atoms with Crippen LogP contribution < -0.4 is 10.2 Å². The Labute approximate surface area is 118 Å². The molecule has 0 aliphatic rings. The third-order valence-corrected chi connectivity index (χ3v) is 3.35. The Kier molecular flexibility index (Phi) is 2.69. The van der Waals surface area contributed by atoms with E-state index in [2.05, 4.69) is 0 Å². The Balaban J connectivity index is 2.63. The van der Waals surface area contributed by atoms with Gasteiger partial charge in [-0.25, -0.2) is 0 Å². The summed E-state index contributed by atoms with van der Waals surface area (Å²) in [6.07, 6.45) is 0. The van der Waals surface area contributed by atoms with Crippen LogP contribution in [0.3, 0.4) is 0 Å². The van der Waals surface area contributed by atoms with Crippen molar-refractivity contribution in [3.8, 4) is 23.0 Å². The molecule has 0 radical (unpaired) electrons. The highest BCUT2D eigenvalue weighted by Crippen LogP contribution is 2.46. The number of benzene rings is 2. The summed E-state index contributed by atoms with van der Waals surface area (Å²) in [7, 11) is 1.34. The van der Waals surface area contributed by atoms with E-state index in [0.717, 1.165) is 0 Å². The maximum absolute atomic E-state index is 12.0. The second-order valence-corrected chi connectivity index (χ2v) is 4.69. The van der Waals surface area contributed by atoms with Crippen molar-refractivity contribution >= 4 is 21.7 Å². The minimum absolute atomic E-state index is 0.0306. The molecule has 0 fully saturated rings. The molecule has 0 spiro atoms. The molecule has 0 bridgehead atoms. The monoisotopic (exact) mass is 288 g/mol. The maximum atomic E-state index is 12.0. The van der Waals surface area contributed by atoms with Crippen LogP contribution in [-0.2, 0) is 0 Å². The van der Waals surface area contributed by atoms with Crippen molar-refractivity contribution in [2.24, 2.45) is 0 Å². The fraction of sp³-hybridized carbons (Fsp3) is 0.133. The first-order chi connectivity index (χ1) is 9.93. The minimum Gasteiger partial charge on any atom is -0.507 e. The number of methoxy groups -OCH3 is 1. The van der Waals surface area contributed by atoms with Crippen molar-refractivity contribution < 1.29 is 24.5 Å². The van der Waals surface area contributed by atoms with Crippen LogP contribution in [0.2, 0.25) is 0 Å². The van der Waals surface area contributed by atoms with E-state index in [-0.39, 0.29) is 39.0 Å². The van der Waals surface area contributed by atoms with Gasteiger partial charge in [0.25, 0.3) is 0 Å². The van der Waals surface area contributed by atoms with E-state index in [1.807, 2.05) is 0 Å². The zero-order valence-corrected chi connectivity index (χ0v) is 11.3. The largest absolute Gasteiger partial charge is 0.507 e. The molecule has 0 saturated carbocycles. The number of fused-ring (bicyclic) bond motifs is 2. The number of hydrogen-bond donors (Lipinski definition) is 3. The van der Waals surface area contributed by atoms with Crippen LogP contribution in [0.5, 0.6) is 23.0 Å². The summed E-state index contributed by atoms with van der Waals surface area (Å²) in [6.45, 7) is 1.60. The fourth-order valence-corrected chi connectivity index (χ4v) is 2.42. The molecule has 6 nitrogen and oxygen atoms in total. The molecule has 0 amide bonds. The molecule has 21 heavy (non-hydrogen) atoms. The van der Waals surface area contributed by atoms with Crippen molar-refractivity contribution in [1.29, 1.82) is 0 Å². The molecule has 3 N–H and O–H groups in total. The predicted molar refractivity (Wildman–Crippen MR) is 76.3 cm³/mol. The molecule has 0 aliphatic heterocycles. The second-order valence-electron chi connectivity index (χ2n) is 4.69. The van der Waals surface area contributed by atoms with E-state index >= 15 is 0 Å². The molecule has 0 atom stereocenters. The molecular formula is C15H12O6. The lowest BCUT2D eigenvalue weighted by molar-refractivity contribution is 0.372. The van der Waals surface area contributed by atoms with E-state index in [9.17, 15) is 20.1 Å². The highest BCUT2D eigenvalue weighted by atomic mass is 16.5. The van der Waals surface area contributed by atoms with E-state index in [0.29, 0.717) is 5.76 Å². The molecule has 108 valence electrons. The van der Waals surface area contributed by atoms with Crippen LogP contribution in [0.15, 0.2) is 27.4 Å². The van der Waals surface area contributed by atoms with E-state index in [1.54, 1.807) is 6.92 Å². The van der Waals surface area contributed by atoms with Crippen LogP contribution in [0.1, 0.15) is 5.76 Å². The lowest BCUT2D eigenvalue weighted by atomic mass is 10.0. The number of ether oxygens (including phenoxy) is 1. The van der Waals surface area contributed by atoms with Crippen LogP contribution in [0, 0.1) is 6.92 Å². The number of hydrogen-bond acceptors (Lipinski definition) is 6. The van der Waals surface area contributed by atoms with Crippen LogP contribution in [0.25, 0.3) is 21.7 Å². The number of rotatable bonds is 1. The third kappa shape index (κ3) is 1.76. The Bertz CT molecular complexity index is 939. The third-order valence-electron chi connectivity index (χ3n) is 3.35. The summed E-state index contributed by atoms with van der Waals surface area (Å²) in [5, 5.41) is 30.5. The van der Waals surface area contributed by atoms with E-state index in [1.165, 1.54) is 25.3 Å². The number of aromatic hydroxyl groups is 3. The van der Waals surface area contributed by atoms with E-state index in [4.69, 9.17) is 9.15 Å². The second kappa shape index (κ2) is 4.31. The van der Waals surface area contributed by atoms with Gasteiger partial charge in [-0.15, -0.1) is 0 Å². The normalized spacial score (nSPS) is 11.1. The van der Waals surface area contributed by atoms with Crippen molar-refractivity contribution in [3.05, 3.63) is 34.2 Å². The standard InChI is InChI=1S/C15H12O6/c1-6-3-8(16)13-10(21-6)4-7-12(15(13)19)9(17)5-11(20-2)14(7)18/h3-5,17-19H,1-2H3. The molecule has 3 aromatic rings. The smallest absolute Gasteiger partial charge is 0.196 e. The molecule has 0 saturated heterocycles. The molecule has 3 rings (SSSR count). The van der Waals surface area contributed by atoms with Gasteiger partial charge >= 0.3 is 0 Å². The zero-order chi connectivity index (χ0) is 15.3. The summed E-state index contributed by atoms with van der Waals surface area (Å²) in [5.74, 6) is -0.580. The Morgan fingerprint density at radius 2 is 1.76 bits per heavy atom. The molecule has 6 heteroatoms. The van der Waals surface area contributed by atoms with Gasteiger partial charge in [-0.3, -0.25) is 4.79 Å². The number of aryl methyl sites for hydroxylation is 1. The van der Waals surface area contributed by atoms with Crippen molar-refractivity contribution in [2.75, 3.05) is 7.11 Å². The van der Waals surface area contributed by atoms with Crippen LogP contribution >= 0.6 is 0 Å². The predicted octanol–water partition coefficient (Wildman–Crippen LogP) is 2.38. The summed E-state index contributed by atoms with van der Waals surface area (Å²) in [5.41, 5.74) is -0.309. The Hall–Kier alpha value is -2.89. The van der Waals surface area contributed by atoms with Gasteiger partial charge in [0, 0.05) is 17.5 Å². The minimum atomic E-state index is -0.438. The van der Waals surface area contributed by atoms with Crippen LogP contribution in [-0.4, -0.2) is 22.4 Å². The first-order valence-electron chi connectivity index (χ1n) is 6.13. The summed E-state index contributed by atoms with van der Waals surface area (Å²) in [4.78, 5) is 12.0. The molecule has 0 aliphatic carbocycles. The van der Waals surface area contributed by atoms with Gasteiger partial charge in [0.15, 0.2) is 16.9 Å². The average Bonchev–Trinajstić information content (AvgIpc) is 2.41. The molecule has 0 unspecified atom stereocenters. The fourth-order valence-electron chi connectivity index (χ4n) is 2.42. The highest BCUT2D eigenvalue weighted by molar-refractivity contribution is 6.08. The van der Waals surface area contributed by atoms with Gasteiger partial charge < -0.3 is 24.5 Å². The van der Waals surface area contributed by atoms with Gasteiger partial charge in [0.05, 0.1) is 12.5 Å². The number of phenolic OH excluding ortho intramolecular Hbond substituents is 3. The zero-order valence-electron chi connectivity index (χ0n) is 11.3. The molecular weight excluding hydrogens is 276 g/mol. The van der Waals surface area contributed by atoms with E-state index < -0.39 is 11.2 Å². The van der Waals surface area contributed by atoms with Gasteiger partial charge in [0.2, 0.25) is 0 Å². The van der Waals surface area contributed by atoms with Crippen LogP contribution in [0.4, 0.5) is 0 Å². The Morgan fingerprint density at radius 1 is 1.05 bits per heavy atom. The van der Waals surface area contributed by atoms with Gasteiger partial charge in [-0.1, -0.05) is 0 Å². The van der Waals surface area contributed by atoms with Gasteiger partial charge in [-0.05, 0) is 13.0 Å². The number of phenols is 3. The van der Waals surface area contributed by atoms with Gasteiger partial charge in [-0.2, -0.15) is 0 Å². The highest BCUT2D eigenvalue weighted by Gasteiger charge is 2.20. The average molecular weight is 288 g/mol. The lowest BCUT2D eigenvalue weighted by Crippen LogP contribution is -2.01. The summed E-state index contributed by atoms with van der Waals surface area (Å²) >= 11 is 0. The lowest BCUT2D eigenvalue weighted by Gasteiger charge is -2.11. The SMILES string of the molecule is COc1cc(O)c2c(O)c3c(=O)cc(C)oc3cc2c1O. The van der Waals surface area contributed by atoms with Crippen molar-refractivity contribution in [2.45, 2.75) is 6.92 Å². The Morgan fingerprint density at radius 3 is 2.43 bits per heavy atom. The quantitative estimate of drug-likeness (QED) is 0.469. The van der Waals surface area contributed by atoms with Crippen molar-refractivity contribution in [1.82, 2.24) is 0 Å². The first kappa shape index (κ1) is 13.1. The topological polar surface area (TPSA) is 100 Å². The van der Waals surface area contributed by atoms with Crippen molar-refractivity contribution in [3.63, 3.8) is 0 Å². The molecule has 2 aromatic carbocycles. The molecule has 1 aromatic heterocycles. The summed E-state index contributed by atoms with van der Waals surface area (Å²) in [6, 6.07) is 3.80. The molecule has 1 heterocycles. The maximum Gasteiger partial charge on any atom is 0.196 e. The summed E-state index contributed by atoms with van der Waals surface area (Å²) < 4.78 is 10.4. The van der Waals surface area contributed by atoms with Gasteiger partial charge in [0.1, 0.15) is 28.2 Å².